The molecular weight excluding hydrogens is 372 g/mol. The summed E-state index contributed by atoms with van der Waals surface area (Å²) in [6.45, 7) is 3.68. The first-order valence-corrected chi connectivity index (χ1v) is 9.35. The molecule has 0 aliphatic heterocycles. The van der Waals surface area contributed by atoms with Crippen molar-refractivity contribution in [3.63, 3.8) is 0 Å². The van der Waals surface area contributed by atoms with Crippen LogP contribution in [0.2, 0.25) is 0 Å². The first kappa shape index (κ1) is 16.5. The molecule has 23 heavy (non-hydrogen) atoms. The lowest BCUT2D eigenvalue weighted by atomic mass is 9.96. The van der Waals surface area contributed by atoms with Crippen molar-refractivity contribution in [2.75, 3.05) is 13.6 Å². The average Bonchev–Trinajstić information content (AvgIpc) is 3.22. The lowest BCUT2D eigenvalue weighted by Gasteiger charge is -2.20. The Kier molecular flexibility index (Phi) is 5.02. The molecule has 0 unspecified atom stereocenters. The van der Waals surface area contributed by atoms with Crippen LogP contribution >= 0.6 is 27.3 Å². The van der Waals surface area contributed by atoms with E-state index in [0.29, 0.717) is 6.54 Å². The molecule has 0 bridgehead atoms. The summed E-state index contributed by atoms with van der Waals surface area (Å²) in [5, 5.41) is 7.89. The summed E-state index contributed by atoms with van der Waals surface area (Å²) in [7, 11) is 1.81. The number of guanidine groups is 1. The van der Waals surface area contributed by atoms with Crippen molar-refractivity contribution in [3.8, 4) is 0 Å². The van der Waals surface area contributed by atoms with Gasteiger partial charge in [0.1, 0.15) is 5.01 Å². The Hall–Kier alpha value is -1.40. The second-order valence-electron chi connectivity index (χ2n) is 5.90. The number of thiazole rings is 1. The predicted octanol–water partition coefficient (Wildman–Crippen LogP) is 3.61. The molecule has 0 amide bonds. The maximum Gasteiger partial charge on any atom is 0.191 e. The predicted molar refractivity (Wildman–Crippen MR) is 100 cm³/mol. The van der Waals surface area contributed by atoms with E-state index in [1.165, 1.54) is 27.8 Å². The third-order valence-electron chi connectivity index (χ3n) is 4.19. The molecule has 4 nitrogen and oxygen atoms in total. The standard InChI is InChI=1S/C17H21BrN4S/c1-12-9-20-15(23-12)10-21-16(19-2)22-11-17(7-8-17)13-5-3-4-6-14(13)18/h3-6,9H,7-8,10-11H2,1-2H3,(H2,19,21,22). The number of nitrogens with zero attached hydrogens (tertiary/aromatic N) is 2. The number of aryl methyl sites for hydroxylation is 1. The Labute approximate surface area is 149 Å². The van der Waals surface area contributed by atoms with Crippen LogP contribution < -0.4 is 10.6 Å². The van der Waals surface area contributed by atoms with Gasteiger partial charge in [0.15, 0.2) is 5.96 Å². The zero-order valence-electron chi connectivity index (χ0n) is 13.4. The van der Waals surface area contributed by atoms with Crippen LogP contribution in [0.1, 0.15) is 28.3 Å². The number of benzene rings is 1. The Morgan fingerprint density at radius 1 is 1.35 bits per heavy atom. The number of hydrogen-bond donors (Lipinski definition) is 2. The summed E-state index contributed by atoms with van der Waals surface area (Å²) in [6, 6.07) is 8.51. The summed E-state index contributed by atoms with van der Waals surface area (Å²) in [5.41, 5.74) is 1.62. The normalized spacial score (nSPS) is 16.2. The zero-order valence-corrected chi connectivity index (χ0v) is 15.8. The molecule has 6 heteroatoms. The van der Waals surface area contributed by atoms with Crippen molar-refractivity contribution in [3.05, 3.63) is 50.4 Å². The van der Waals surface area contributed by atoms with Crippen molar-refractivity contribution in [2.45, 2.75) is 31.7 Å². The van der Waals surface area contributed by atoms with Gasteiger partial charge in [-0.25, -0.2) is 4.98 Å². The van der Waals surface area contributed by atoms with Crippen LogP contribution in [0.3, 0.4) is 0 Å². The van der Waals surface area contributed by atoms with E-state index in [0.717, 1.165) is 17.5 Å². The number of halogens is 1. The highest BCUT2D eigenvalue weighted by molar-refractivity contribution is 9.10. The molecule has 1 aliphatic carbocycles. The first-order chi connectivity index (χ1) is 11.1. The Morgan fingerprint density at radius 2 is 2.13 bits per heavy atom. The van der Waals surface area contributed by atoms with Crippen molar-refractivity contribution < 1.29 is 0 Å². The van der Waals surface area contributed by atoms with Crippen molar-refractivity contribution >= 4 is 33.2 Å². The molecule has 1 aromatic carbocycles. The molecule has 0 atom stereocenters. The topological polar surface area (TPSA) is 49.3 Å². The van der Waals surface area contributed by atoms with Gasteiger partial charge in [0.2, 0.25) is 0 Å². The van der Waals surface area contributed by atoms with Crippen LogP contribution in [0.15, 0.2) is 39.9 Å². The molecule has 122 valence electrons. The number of aliphatic imine (C=N–C) groups is 1. The molecule has 1 saturated carbocycles. The largest absolute Gasteiger partial charge is 0.356 e. The monoisotopic (exact) mass is 392 g/mol. The van der Waals surface area contributed by atoms with Gasteiger partial charge in [-0.3, -0.25) is 4.99 Å². The molecule has 1 aromatic heterocycles. The summed E-state index contributed by atoms with van der Waals surface area (Å²) in [5.74, 6) is 0.830. The first-order valence-electron chi connectivity index (χ1n) is 7.74. The third-order valence-corrected chi connectivity index (χ3v) is 5.80. The fourth-order valence-corrected chi connectivity index (χ4v) is 4.13. The SMILES string of the molecule is CN=C(NCc1ncc(C)s1)NCC1(c2ccccc2Br)CC1. The second-order valence-corrected chi connectivity index (χ2v) is 8.08. The fraction of sp³-hybridized carbons (Fsp3) is 0.412. The number of hydrogen-bond acceptors (Lipinski definition) is 3. The highest BCUT2D eigenvalue weighted by atomic mass is 79.9. The van der Waals surface area contributed by atoms with Gasteiger partial charge in [-0.2, -0.15) is 0 Å². The Morgan fingerprint density at radius 3 is 2.74 bits per heavy atom. The van der Waals surface area contributed by atoms with Crippen LogP contribution in [0, 0.1) is 6.92 Å². The van der Waals surface area contributed by atoms with Gasteiger partial charge < -0.3 is 10.6 Å². The molecule has 0 saturated heterocycles. The molecule has 1 aliphatic rings. The smallest absolute Gasteiger partial charge is 0.191 e. The minimum absolute atomic E-state index is 0.232. The van der Waals surface area contributed by atoms with Gasteiger partial charge in [-0.05, 0) is 31.4 Å². The molecule has 2 aromatic rings. The maximum atomic E-state index is 4.37. The molecule has 1 fully saturated rings. The maximum absolute atomic E-state index is 4.37. The highest BCUT2D eigenvalue weighted by Crippen LogP contribution is 2.49. The Bertz CT molecular complexity index is 706. The minimum Gasteiger partial charge on any atom is -0.356 e. The van der Waals surface area contributed by atoms with E-state index in [9.17, 15) is 0 Å². The summed E-state index contributed by atoms with van der Waals surface area (Å²) < 4.78 is 1.19. The summed E-state index contributed by atoms with van der Waals surface area (Å²) in [4.78, 5) is 9.92. The van der Waals surface area contributed by atoms with Crippen molar-refractivity contribution in [1.29, 1.82) is 0 Å². The molecule has 0 spiro atoms. The van der Waals surface area contributed by atoms with E-state index in [1.807, 2.05) is 6.20 Å². The molecule has 0 radical (unpaired) electrons. The third kappa shape index (κ3) is 3.93. The van der Waals surface area contributed by atoms with Gasteiger partial charge in [-0.1, -0.05) is 34.1 Å². The second kappa shape index (κ2) is 7.01. The van der Waals surface area contributed by atoms with Crippen molar-refractivity contribution in [2.24, 2.45) is 4.99 Å². The van der Waals surface area contributed by atoms with Crippen LogP contribution in [0.25, 0.3) is 0 Å². The van der Waals surface area contributed by atoms with Gasteiger partial charge >= 0.3 is 0 Å². The molecular formula is C17H21BrN4S. The lowest BCUT2D eigenvalue weighted by molar-refractivity contribution is 0.643. The van der Waals surface area contributed by atoms with E-state index in [2.05, 4.69) is 67.7 Å². The number of aromatic nitrogens is 1. The minimum atomic E-state index is 0.232. The number of nitrogens with one attached hydrogen (secondary N) is 2. The molecule has 2 N–H and O–H groups in total. The molecule has 1 heterocycles. The molecule has 3 rings (SSSR count). The van der Waals surface area contributed by atoms with Gasteiger partial charge in [0, 0.05) is 34.6 Å². The highest BCUT2D eigenvalue weighted by Gasteiger charge is 2.45. The van der Waals surface area contributed by atoms with Gasteiger partial charge in [0.05, 0.1) is 6.54 Å². The van der Waals surface area contributed by atoms with E-state index >= 15 is 0 Å². The summed E-state index contributed by atoms with van der Waals surface area (Å²) >= 11 is 5.39. The fourth-order valence-electron chi connectivity index (χ4n) is 2.70. The Balaban J connectivity index is 1.57. The lowest BCUT2D eigenvalue weighted by Crippen LogP contribution is -2.41. The zero-order chi connectivity index (χ0) is 16.3. The van der Waals surface area contributed by atoms with Crippen LogP contribution in [-0.4, -0.2) is 24.5 Å². The van der Waals surface area contributed by atoms with Crippen LogP contribution in [0.5, 0.6) is 0 Å². The van der Waals surface area contributed by atoms with Crippen LogP contribution in [0.4, 0.5) is 0 Å². The van der Waals surface area contributed by atoms with E-state index in [1.54, 1.807) is 18.4 Å². The van der Waals surface area contributed by atoms with E-state index in [-0.39, 0.29) is 5.41 Å². The van der Waals surface area contributed by atoms with Crippen molar-refractivity contribution in [1.82, 2.24) is 15.6 Å². The number of rotatable bonds is 5. The quantitative estimate of drug-likeness (QED) is 0.603. The average molecular weight is 393 g/mol. The van der Waals surface area contributed by atoms with E-state index in [4.69, 9.17) is 0 Å². The summed E-state index contributed by atoms with van der Waals surface area (Å²) in [6.07, 6.45) is 4.33. The van der Waals surface area contributed by atoms with Crippen LogP contribution in [-0.2, 0) is 12.0 Å². The van der Waals surface area contributed by atoms with Gasteiger partial charge in [0.25, 0.3) is 0 Å². The van der Waals surface area contributed by atoms with E-state index < -0.39 is 0 Å². The van der Waals surface area contributed by atoms with Gasteiger partial charge in [-0.15, -0.1) is 11.3 Å².